The van der Waals surface area contributed by atoms with E-state index in [2.05, 4.69) is 9.55 Å². The van der Waals surface area contributed by atoms with Crippen LogP contribution in [0.4, 0.5) is 5.69 Å². The average molecular weight is 286 g/mol. The van der Waals surface area contributed by atoms with Crippen molar-refractivity contribution in [2.24, 2.45) is 0 Å². The fourth-order valence-electron chi connectivity index (χ4n) is 2.40. The summed E-state index contributed by atoms with van der Waals surface area (Å²) in [4.78, 5) is 18.3. The number of para-hydroxylation sites is 2. The molecule has 0 atom stereocenters. The molecule has 1 aromatic carbocycles. The molecule has 0 spiro atoms. The second-order valence-electron chi connectivity index (χ2n) is 4.99. The van der Waals surface area contributed by atoms with Gasteiger partial charge >= 0.3 is 0 Å². The van der Waals surface area contributed by atoms with Gasteiger partial charge in [0.25, 0.3) is 0 Å². The van der Waals surface area contributed by atoms with Gasteiger partial charge in [0.05, 0.1) is 25.3 Å². The number of amides is 1. The number of nitrogen functional groups attached to an aromatic ring is 1. The Morgan fingerprint density at radius 3 is 3.05 bits per heavy atom. The maximum Gasteiger partial charge on any atom is 0.226 e. The van der Waals surface area contributed by atoms with Crippen LogP contribution < -0.4 is 10.5 Å². The van der Waals surface area contributed by atoms with Crippen molar-refractivity contribution in [2.75, 3.05) is 18.9 Å². The molecule has 1 aliphatic rings. The number of benzene rings is 1. The topological polar surface area (TPSA) is 73.4 Å². The summed E-state index contributed by atoms with van der Waals surface area (Å²) in [5.41, 5.74) is 6.38. The van der Waals surface area contributed by atoms with Crippen LogP contribution in [0.2, 0.25) is 0 Å². The summed E-state index contributed by atoms with van der Waals surface area (Å²) in [5.74, 6) is 1.64. The summed E-state index contributed by atoms with van der Waals surface area (Å²) < 4.78 is 7.63. The van der Waals surface area contributed by atoms with Gasteiger partial charge in [0.15, 0.2) is 0 Å². The second-order valence-corrected chi connectivity index (χ2v) is 4.99. The highest BCUT2D eigenvalue weighted by atomic mass is 16.5. The van der Waals surface area contributed by atoms with E-state index in [4.69, 9.17) is 10.5 Å². The van der Waals surface area contributed by atoms with Gasteiger partial charge in [-0.1, -0.05) is 12.1 Å². The molecule has 110 valence electrons. The van der Waals surface area contributed by atoms with Gasteiger partial charge in [-0.15, -0.1) is 0 Å². The molecule has 1 aliphatic heterocycles. The Bertz CT molecular complexity index is 638. The maximum atomic E-state index is 12.2. The standard InChI is InChI=1S/C15H18N4O2/c16-12-3-1-2-4-13(12)21-10-5-15(20)19-9-8-18-7-6-17-14(18)11-19/h1-4,6-7H,5,8-11,16H2. The number of rotatable bonds is 4. The molecule has 0 aliphatic carbocycles. The van der Waals surface area contributed by atoms with E-state index in [0.717, 1.165) is 18.9 Å². The molecular formula is C15H18N4O2. The van der Waals surface area contributed by atoms with Crippen LogP contribution >= 0.6 is 0 Å². The quantitative estimate of drug-likeness (QED) is 0.859. The number of imidazole rings is 1. The van der Waals surface area contributed by atoms with Gasteiger partial charge in [-0.2, -0.15) is 0 Å². The summed E-state index contributed by atoms with van der Waals surface area (Å²) in [5, 5.41) is 0. The van der Waals surface area contributed by atoms with Crippen LogP contribution in [0.5, 0.6) is 5.75 Å². The SMILES string of the molecule is Nc1ccccc1OCCC(=O)N1CCn2ccnc2C1. The van der Waals surface area contributed by atoms with E-state index in [1.807, 2.05) is 23.2 Å². The van der Waals surface area contributed by atoms with E-state index in [9.17, 15) is 4.79 Å². The minimum Gasteiger partial charge on any atom is -0.491 e. The van der Waals surface area contributed by atoms with E-state index in [1.54, 1.807) is 18.3 Å². The third kappa shape index (κ3) is 2.99. The van der Waals surface area contributed by atoms with Crippen molar-refractivity contribution in [3.05, 3.63) is 42.5 Å². The summed E-state index contributed by atoms with van der Waals surface area (Å²) >= 11 is 0. The van der Waals surface area contributed by atoms with E-state index in [1.165, 1.54) is 0 Å². The highest BCUT2D eigenvalue weighted by molar-refractivity contribution is 5.76. The Hall–Kier alpha value is -2.50. The van der Waals surface area contributed by atoms with Gasteiger partial charge in [0.1, 0.15) is 11.6 Å². The predicted molar refractivity (Wildman–Crippen MR) is 78.6 cm³/mol. The molecule has 2 aromatic rings. The lowest BCUT2D eigenvalue weighted by atomic mass is 10.3. The van der Waals surface area contributed by atoms with E-state index in [0.29, 0.717) is 31.0 Å². The van der Waals surface area contributed by atoms with E-state index >= 15 is 0 Å². The first-order valence-corrected chi connectivity index (χ1v) is 6.99. The highest BCUT2D eigenvalue weighted by Gasteiger charge is 2.20. The van der Waals surface area contributed by atoms with Crippen LogP contribution in [0.15, 0.2) is 36.7 Å². The van der Waals surface area contributed by atoms with Crippen molar-refractivity contribution in [3.63, 3.8) is 0 Å². The monoisotopic (exact) mass is 286 g/mol. The number of anilines is 1. The van der Waals surface area contributed by atoms with Crippen molar-refractivity contribution >= 4 is 11.6 Å². The van der Waals surface area contributed by atoms with Crippen LogP contribution in [-0.4, -0.2) is 33.5 Å². The summed E-state index contributed by atoms with van der Waals surface area (Å²) in [6, 6.07) is 7.29. The Balaban J connectivity index is 1.50. The zero-order valence-electron chi connectivity index (χ0n) is 11.7. The van der Waals surface area contributed by atoms with Crippen molar-refractivity contribution < 1.29 is 9.53 Å². The molecular weight excluding hydrogens is 268 g/mol. The van der Waals surface area contributed by atoms with Crippen LogP contribution in [0.25, 0.3) is 0 Å². The molecule has 0 bridgehead atoms. The Morgan fingerprint density at radius 2 is 2.19 bits per heavy atom. The van der Waals surface area contributed by atoms with Crippen LogP contribution in [-0.2, 0) is 17.9 Å². The molecule has 2 heterocycles. The molecule has 1 amide bonds. The number of hydrogen-bond acceptors (Lipinski definition) is 4. The summed E-state index contributed by atoms with van der Waals surface area (Å²) in [6.45, 7) is 2.42. The number of nitrogens with zero attached hydrogens (tertiary/aromatic N) is 3. The normalized spacial score (nSPS) is 13.8. The lowest BCUT2D eigenvalue weighted by molar-refractivity contribution is -0.133. The maximum absolute atomic E-state index is 12.2. The van der Waals surface area contributed by atoms with Gasteiger partial charge in [0, 0.05) is 25.5 Å². The Kier molecular flexibility index (Phi) is 3.77. The molecule has 0 unspecified atom stereocenters. The number of fused-ring (bicyclic) bond motifs is 1. The number of aromatic nitrogens is 2. The van der Waals surface area contributed by atoms with Crippen molar-refractivity contribution in [2.45, 2.75) is 19.5 Å². The smallest absolute Gasteiger partial charge is 0.226 e. The molecule has 0 fully saturated rings. The first kappa shape index (κ1) is 13.5. The molecule has 0 saturated heterocycles. The Labute approximate surface area is 123 Å². The molecule has 6 nitrogen and oxygen atoms in total. The molecule has 21 heavy (non-hydrogen) atoms. The van der Waals surface area contributed by atoms with Crippen molar-refractivity contribution in [3.8, 4) is 5.75 Å². The highest BCUT2D eigenvalue weighted by Crippen LogP contribution is 2.20. The number of ether oxygens (including phenoxy) is 1. The third-order valence-corrected chi connectivity index (χ3v) is 3.59. The minimum atomic E-state index is 0.0822. The van der Waals surface area contributed by atoms with Gasteiger partial charge in [0.2, 0.25) is 5.91 Å². The largest absolute Gasteiger partial charge is 0.491 e. The lowest BCUT2D eigenvalue weighted by Gasteiger charge is -2.27. The van der Waals surface area contributed by atoms with Gasteiger partial charge in [-0.3, -0.25) is 4.79 Å². The van der Waals surface area contributed by atoms with Crippen LogP contribution in [0, 0.1) is 0 Å². The predicted octanol–water partition coefficient (Wildman–Crippen LogP) is 1.28. The lowest BCUT2D eigenvalue weighted by Crippen LogP contribution is -2.38. The third-order valence-electron chi connectivity index (χ3n) is 3.59. The van der Waals surface area contributed by atoms with Gasteiger partial charge in [-0.25, -0.2) is 4.98 Å². The summed E-state index contributed by atoms with van der Waals surface area (Å²) in [7, 11) is 0. The first-order valence-electron chi connectivity index (χ1n) is 6.99. The minimum absolute atomic E-state index is 0.0822. The van der Waals surface area contributed by atoms with E-state index < -0.39 is 0 Å². The molecule has 3 rings (SSSR count). The van der Waals surface area contributed by atoms with Crippen molar-refractivity contribution in [1.82, 2.24) is 14.5 Å². The van der Waals surface area contributed by atoms with Gasteiger partial charge < -0.3 is 19.9 Å². The number of nitrogens with two attached hydrogens (primary N) is 1. The Morgan fingerprint density at radius 1 is 1.33 bits per heavy atom. The zero-order valence-corrected chi connectivity index (χ0v) is 11.7. The fraction of sp³-hybridized carbons (Fsp3) is 0.333. The van der Waals surface area contributed by atoms with Gasteiger partial charge in [-0.05, 0) is 12.1 Å². The van der Waals surface area contributed by atoms with Crippen LogP contribution in [0.3, 0.4) is 0 Å². The number of carbonyl (C=O) groups is 1. The number of hydrogen-bond donors (Lipinski definition) is 1. The molecule has 2 N–H and O–H groups in total. The van der Waals surface area contributed by atoms with E-state index in [-0.39, 0.29) is 5.91 Å². The molecule has 1 aromatic heterocycles. The van der Waals surface area contributed by atoms with Crippen LogP contribution in [0.1, 0.15) is 12.2 Å². The number of carbonyl (C=O) groups excluding carboxylic acids is 1. The fourth-order valence-corrected chi connectivity index (χ4v) is 2.40. The van der Waals surface area contributed by atoms with Crippen molar-refractivity contribution in [1.29, 1.82) is 0 Å². The average Bonchev–Trinajstić information content (AvgIpc) is 2.96. The first-order chi connectivity index (χ1) is 10.2. The second kappa shape index (κ2) is 5.87. The summed E-state index contributed by atoms with van der Waals surface area (Å²) in [6.07, 6.45) is 4.05. The molecule has 0 saturated carbocycles. The zero-order chi connectivity index (χ0) is 14.7. The molecule has 6 heteroatoms. The molecule has 0 radical (unpaired) electrons.